The minimum atomic E-state index is -1.04. The van der Waals surface area contributed by atoms with Gasteiger partial charge in [0.05, 0.1) is 21.5 Å². The number of likely N-dealkylation sites (tertiary alicyclic amines) is 1. The van der Waals surface area contributed by atoms with Crippen molar-refractivity contribution in [3.63, 3.8) is 0 Å². The Balaban J connectivity index is 2.31. The summed E-state index contributed by atoms with van der Waals surface area (Å²) < 4.78 is 14.0. The number of nitrogens with one attached hydrogen (secondary N) is 1. The van der Waals surface area contributed by atoms with Crippen molar-refractivity contribution in [2.24, 2.45) is 5.41 Å². The molecule has 0 aromatic heterocycles. The van der Waals surface area contributed by atoms with Crippen LogP contribution in [-0.4, -0.2) is 39.7 Å². The molecule has 1 aliphatic heterocycles. The largest absolute Gasteiger partial charge is 0.465 e. The van der Waals surface area contributed by atoms with E-state index in [1.165, 1.54) is 17.0 Å². The summed E-state index contributed by atoms with van der Waals surface area (Å²) in [4.78, 5) is 22.9. The van der Waals surface area contributed by atoms with E-state index in [0.717, 1.165) is 0 Å². The molecule has 0 aliphatic carbocycles. The molecule has 9 heteroatoms. The number of hydrogen-bond acceptors (Lipinski definition) is 4. The van der Waals surface area contributed by atoms with E-state index >= 15 is 0 Å². The Morgan fingerprint density at radius 2 is 2.13 bits per heavy atom. The van der Waals surface area contributed by atoms with E-state index in [4.69, 9.17) is 0 Å². The Morgan fingerprint density at radius 3 is 2.61 bits per heavy atom. The third-order valence-corrected chi connectivity index (χ3v) is 4.45. The number of nitro benzene ring substituents is 1. The molecule has 1 aromatic carbocycles. The number of rotatable bonds is 3. The van der Waals surface area contributed by atoms with Gasteiger partial charge in [0.15, 0.2) is 0 Å². The predicted octanol–water partition coefficient (Wildman–Crippen LogP) is 3.69. The number of amides is 1. The topological polar surface area (TPSA) is 95.7 Å². The summed E-state index contributed by atoms with van der Waals surface area (Å²) in [5, 5.41) is 23.3. The molecule has 2 unspecified atom stereocenters. The molecule has 0 spiro atoms. The van der Waals surface area contributed by atoms with Crippen molar-refractivity contribution in [2.45, 2.75) is 32.9 Å². The summed E-state index contributed by atoms with van der Waals surface area (Å²) in [6, 6.07) is 2.09. The average Bonchev–Trinajstić information content (AvgIpc) is 2.34. The van der Waals surface area contributed by atoms with Gasteiger partial charge in [0.25, 0.3) is 0 Å². The van der Waals surface area contributed by atoms with Crippen LogP contribution in [0.2, 0.25) is 0 Å². The molecule has 7 nitrogen and oxygen atoms in total. The first-order valence-electron chi connectivity index (χ1n) is 6.92. The molecular formula is C14H17BrFN3O4. The maximum Gasteiger partial charge on any atom is 0.407 e. The van der Waals surface area contributed by atoms with Crippen LogP contribution in [0.25, 0.3) is 0 Å². The summed E-state index contributed by atoms with van der Waals surface area (Å²) >= 11 is 2.92. The lowest BCUT2D eigenvalue weighted by Crippen LogP contribution is -2.69. The molecule has 126 valence electrons. The molecule has 0 saturated carbocycles. The fourth-order valence-electron chi connectivity index (χ4n) is 2.93. The first-order valence-corrected chi connectivity index (χ1v) is 7.72. The lowest BCUT2D eigenvalue weighted by atomic mass is 9.76. The van der Waals surface area contributed by atoms with E-state index < -0.39 is 22.5 Å². The van der Waals surface area contributed by atoms with Gasteiger partial charge >= 0.3 is 11.8 Å². The van der Waals surface area contributed by atoms with Gasteiger partial charge in [-0.3, -0.25) is 10.1 Å². The number of halogens is 2. The molecule has 1 aromatic rings. The quantitative estimate of drug-likeness (QED) is 0.606. The van der Waals surface area contributed by atoms with Crippen LogP contribution in [0, 0.1) is 21.3 Å². The first-order chi connectivity index (χ1) is 10.5. The number of hydrogen-bond donors (Lipinski definition) is 2. The van der Waals surface area contributed by atoms with Gasteiger partial charge in [-0.1, -0.05) is 20.8 Å². The van der Waals surface area contributed by atoms with Crippen LogP contribution < -0.4 is 5.32 Å². The summed E-state index contributed by atoms with van der Waals surface area (Å²) in [7, 11) is 0. The van der Waals surface area contributed by atoms with Crippen LogP contribution >= 0.6 is 15.9 Å². The second-order valence-electron chi connectivity index (χ2n) is 6.51. The molecule has 2 N–H and O–H groups in total. The average molecular weight is 390 g/mol. The van der Waals surface area contributed by atoms with Crippen molar-refractivity contribution in [2.75, 3.05) is 11.9 Å². The summed E-state index contributed by atoms with van der Waals surface area (Å²) in [5.41, 5.74) is -0.974. The summed E-state index contributed by atoms with van der Waals surface area (Å²) in [6.07, 6.45) is -1.04. The fourth-order valence-corrected chi connectivity index (χ4v) is 3.25. The predicted molar refractivity (Wildman–Crippen MR) is 86.1 cm³/mol. The molecule has 23 heavy (non-hydrogen) atoms. The lowest BCUT2D eigenvalue weighted by molar-refractivity contribution is -0.386. The maximum absolute atomic E-state index is 14.0. The van der Waals surface area contributed by atoms with E-state index in [1.54, 1.807) is 0 Å². The Hall–Kier alpha value is -1.90. The van der Waals surface area contributed by atoms with Crippen LogP contribution in [-0.2, 0) is 0 Å². The van der Waals surface area contributed by atoms with Crippen molar-refractivity contribution in [3.05, 3.63) is 32.5 Å². The highest BCUT2D eigenvalue weighted by Gasteiger charge is 2.49. The summed E-state index contributed by atoms with van der Waals surface area (Å²) in [6.45, 7) is 5.85. The van der Waals surface area contributed by atoms with Gasteiger partial charge < -0.3 is 15.3 Å². The molecule has 1 heterocycles. The molecule has 0 bridgehead atoms. The van der Waals surface area contributed by atoms with Crippen LogP contribution in [0.3, 0.4) is 0 Å². The molecular weight excluding hydrogens is 373 g/mol. The highest BCUT2D eigenvalue weighted by Crippen LogP contribution is 2.39. The van der Waals surface area contributed by atoms with Gasteiger partial charge in [-0.05, 0) is 33.5 Å². The highest BCUT2D eigenvalue weighted by molar-refractivity contribution is 9.10. The smallest absolute Gasteiger partial charge is 0.407 e. The molecule has 2 atom stereocenters. The minimum absolute atomic E-state index is 0.00268. The highest BCUT2D eigenvalue weighted by atomic mass is 79.9. The number of nitro groups is 1. The van der Waals surface area contributed by atoms with Crippen LogP contribution in [0.5, 0.6) is 0 Å². The monoisotopic (exact) mass is 389 g/mol. The molecule has 1 amide bonds. The number of benzene rings is 1. The number of anilines is 1. The molecule has 1 fully saturated rings. The Morgan fingerprint density at radius 1 is 1.52 bits per heavy atom. The fraction of sp³-hybridized carbons (Fsp3) is 0.500. The number of carbonyl (C=O) groups is 1. The van der Waals surface area contributed by atoms with E-state index in [0.29, 0.717) is 0 Å². The maximum atomic E-state index is 14.0. The lowest BCUT2D eigenvalue weighted by Gasteiger charge is -2.53. The van der Waals surface area contributed by atoms with E-state index in [9.17, 15) is 24.4 Å². The zero-order valence-corrected chi connectivity index (χ0v) is 14.4. The zero-order chi connectivity index (χ0) is 17.5. The van der Waals surface area contributed by atoms with Crippen LogP contribution in [0.4, 0.5) is 20.6 Å². The molecule has 1 aliphatic rings. The Bertz CT molecular complexity index is 662. The summed E-state index contributed by atoms with van der Waals surface area (Å²) in [5.74, 6) is -0.957. The molecule has 1 saturated heterocycles. The second-order valence-corrected chi connectivity index (χ2v) is 7.37. The van der Waals surface area contributed by atoms with Gasteiger partial charge in [-0.2, -0.15) is 4.39 Å². The van der Waals surface area contributed by atoms with E-state index in [1.807, 2.05) is 20.8 Å². The van der Waals surface area contributed by atoms with Gasteiger partial charge in [-0.15, -0.1) is 0 Å². The van der Waals surface area contributed by atoms with Gasteiger partial charge in [0.2, 0.25) is 5.82 Å². The van der Waals surface area contributed by atoms with Crippen molar-refractivity contribution >= 4 is 33.4 Å². The molecule has 2 rings (SSSR count). The van der Waals surface area contributed by atoms with Crippen molar-refractivity contribution in [1.82, 2.24) is 4.90 Å². The third kappa shape index (κ3) is 3.24. The third-order valence-electron chi connectivity index (χ3n) is 3.84. The Kier molecular flexibility index (Phi) is 4.52. The molecule has 0 radical (unpaired) electrons. The minimum Gasteiger partial charge on any atom is -0.465 e. The van der Waals surface area contributed by atoms with Crippen molar-refractivity contribution < 1.29 is 19.2 Å². The second kappa shape index (κ2) is 5.95. The standard InChI is InChI=1S/C14H17BrFN3O4/c1-14(2,3)12-9(6-18(12)13(20)21)17-8-5-4-7(15)10(16)11(8)19(22)23/h4-5,9,12,17H,6H2,1-3H3,(H,20,21). The first kappa shape index (κ1) is 17.5. The van der Waals surface area contributed by atoms with Gasteiger partial charge in [0, 0.05) is 6.54 Å². The van der Waals surface area contributed by atoms with Gasteiger partial charge in [-0.25, -0.2) is 4.79 Å². The van der Waals surface area contributed by atoms with Crippen molar-refractivity contribution in [3.8, 4) is 0 Å². The number of nitrogens with zero attached hydrogens (tertiary/aromatic N) is 2. The van der Waals surface area contributed by atoms with E-state index in [2.05, 4.69) is 21.2 Å². The number of carboxylic acid groups (broad SMARTS) is 1. The van der Waals surface area contributed by atoms with Crippen molar-refractivity contribution in [1.29, 1.82) is 0 Å². The Labute approximate surface area is 140 Å². The van der Waals surface area contributed by atoms with Gasteiger partial charge in [0.1, 0.15) is 5.69 Å². The zero-order valence-electron chi connectivity index (χ0n) is 12.8. The van der Waals surface area contributed by atoms with Crippen LogP contribution in [0.15, 0.2) is 16.6 Å². The SMILES string of the molecule is CC(C)(C)C1C(Nc2ccc(Br)c(F)c2[N+](=O)[O-])CN1C(=O)O. The van der Waals surface area contributed by atoms with E-state index in [-0.39, 0.29) is 34.2 Å². The normalized spacial score (nSPS) is 20.8. The van der Waals surface area contributed by atoms with Crippen LogP contribution in [0.1, 0.15) is 20.8 Å².